The summed E-state index contributed by atoms with van der Waals surface area (Å²) in [4.78, 5) is 5.85. The second-order valence-electron chi connectivity index (χ2n) is 2.67. The molecule has 15 heavy (non-hydrogen) atoms. The largest absolute Gasteiger partial charge is 1.00 e. The molecule has 1 heterocycles. The first-order valence-electron chi connectivity index (χ1n) is 3.66. The number of azide groups is 1. The molecule has 4 nitrogen and oxygen atoms in total. The SMILES string of the molecule is Cc1cc([B-](F)(F)F)cnc1N=[N+]=[N-].[K+]. The van der Waals surface area contributed by atoms with E-state index in [0.717, 1.165) is 6.07 Å². The molecule has 9 heteroatoms. The van der Waals surface area contributed by atoms with Crippen LogP contribution >= 0.6 is 0 Å². The summed E-state index contributed by atoms with van der Waals surface area (Å²) in [5.74, 6) is -0.0312. The Hall–Kier alpha value is -0.0487. The minimum absolute atomic E-state index is 0. The van der Waals surface area contributed by atoms with Crippen LogP contribution in [0.5, 0.6) is 0 Å². The fourth-order valence-corrected chi connectivity index (χ4v) is 0.915. The smallest absolute Gasteiger partial charge is 0.445 e. The van der Waals surface area contributed by atoms with E-state index >= 15 is 0 Å². The molecule has 0 saturated heterocycles. The van der Waals surface area contributed by atoms with Crippen molar-refractivity contribution < 1.29 is 64.3 Å². The maximum Gasteiger partial charge on any atom is 1.00 e. The number of hydrogen-bond donors (Lipinski definition) is 0. The Morgan fingerprint density at radius 2 is 2.07 bits per heavy atom. The van der Waals surface area contributed by atoms with E-state index in [-0.39, 0.29) is 62.8 Å². The second kappa shape index (κ2) is 5.88. The van der Waals surface area contributed by atoms with Gasteiger partial charge in [0.1, 0.15) is 5.82 Å². The van der Waals surface area contributed by atoms with Crippen LogP contribution in [0.3, 0.4) is 0 Å². The van der Waals surface area contributed by atoms with Crippen LogP contribution in [0.4, 0.5) is 18.8 Å². The van der Waals surface area contributed by atoms with E-state index in [0.29, 0.717) is 6.20 Å². The van der Waals surface area contributed by atoms with Crippen molar-refractivity contribution in [1.82, 2.24) is 4.98 Å². The fraction of sp³-hybridized carbons (Fsp3) is 0.167. The van der Waals surface area contributed by atoms with Crippen LogP contribution in [0.1, 0.15) is 5.56 Å². The van der Waals surface area contributed by atoms with Gasteiger partial charge in [0.05, 0.1) is 0 Å². The molecule has 0 aliphatic carbocycles. The van der Waals surface area contributed by atoms with Crippen molar-refractivity contribution >= 4 is 18.3 Å². The van der Waals surface area contributed by atoms with Gasteiger partial charge in [-0.05, 0) is 23.1 Å². The summed E-state index contributed by atoms with van der Waals surface area (Å²) >= 11 is 0. The number of hydrogen-bond acceptors (Lipinski definition) is 2. The molecule has 74 valence electrons. The van der Waals surface area contributed by atoms with Crippen molar-refractivity contribution in [1.29, 1.82) is 0 Å². The summed E-state index contributed by atoms with van der Waals surface area (Å²) in [6.45, 7) is -3.64. The zero-order valence-electron chi connectivity index (χ0n) is 8.15. The number of halogens is 3. The Kier molecular flexibility index (Phi) is 5.86. The molecule has 1 aromatic rings. The van der Waals surface area contributed by atoms with Crippen LogP contribution < -0.4 is 56.8 Å². The molecule has 0 aromatic carbocycles. The van der Waals surface area contributed by atoms with Crippen molar-refractivity contribution in [2.75, 3.05) is 0 Å². The summed E-state index contributed by atoms with van der Waals surface area (Å²) in [6.07, 6.45) is 0.664. The maximum absolute atomic E-state index is 12.2. The Bertz CT molecular complexity index is 402. The van der Waals surface area contributed by atoms with Gasteiger partial charge in [-0.15, -0.1) is 0 Å². The number of rotatable bonds is 2. The summed E-state index contributed by atoms with van der Waals surface area (Å²) < 4.78 is 36.6. The first kappa shape index (κ1) is 15.0. The molecule has 0 N–H and O–H groups in total. The summed E-state index contributed by atoms with van der Waals surface area (Å²) in [7, 11) is 0. The van der Waals surface area contributed by atoms with Gasteiger partial charge in [0, 0.05) is 11.1 Å². The molecule has 1 aromatic heterocycles. The third-order valence-electron chi connectivity index (χ3n) is 1.59. The average molecular weight is 240 g/mol. The van der Waals surface area contributed by atoms with Gasteiger partial charge < -0.3 is 12.9 Å². The Balaban J connectivity index is 0.00000196. The zero-order valence-corrected chi connectivity index (χ0v) is 11.3. The fourth-order valence-electron chi connectivity index (χ4n) is 0.915. The first-order valence-corrected chi connectivity index (χ1v) is 3.66. The van der Waals surface area contributed by atoms with Gasteiger partial charge in [0.15, 0.2) is 0 Å². The van der Waals surface area contributed by atoms with E-state index in [1.54, 1.807) is 0 Å². The minimum atomic E-state index is -5.05. The molecule has 0 fully saturated rings. The number of aryl methyl sites for hydroxylation is 1. The first-order chi connectivity index (χ1) is 6.45. The molecule has 0 atom stereocenters. The minimum Gasteiger partial charge on any atom is -0.445 e. The molecule has 0 aliphatic rings. The summed E-state index contributed by atoms with van der Waals surface area (Å²) in [5, 5.41) is 3.14. The Labute approximate surface area is 126 Å². The normalized spacial score (nSPS) is 10.1. The summed E-state index contributed by atoms with van der Waals surface area (Å²) in [5.41, 5.74) is 7.49. The zero-order chi connectivity index (χ0) is 10.8. The third kappa shape index (κ3) is 4.14. The van der Waals surface area contributed by atoms with Gasteiger partial charge in [-0.25, -0.2) is 0 Å². The van der Waals surface area contributed by atoms with E-state index in [4.69, 9.17) is 5.53 Å². The Morgan fingerprint density at radius 3 is 2.47 bits per heavy atom. The molecular formula is C6H5BF3KN4. The van der Waals surface area contributed by atoms with E-state index in [9.17, 15) is 12.9 Å². The standard InChI is InChI=1S/C6H5BF3N4.K/c1-4-2-5(7(8,9)10)3-12-6(4)13-14-11;/h2-3H,1H3;/q-1;+1. The summed E-state index contributed by atoms with van der Waals surface area (Å²) in [6, 6.07) is 0.914. The van der Waals surface area contributed by atoms with Crippen molar-refractivity contribution in [2.45, 2.75) is 6.92 Å². The predicted molar refractivity (Wildman–Crippen MR) is 46.5 cm³/mol. The molecule has 1 rings (SSSR count). The van der Waals surface area contributed by atoms with Gasteiger partial charge in [0.25, 0.3) is 0 Å². The van der Waals surface area contributed by atoms with Crippen LogP contribution in [-0.2, 0) is 0 Å². The molecule has 0 radical (unpaired) electrons. The third-order valence-corrected chi connectivity index (χ3v) is 1.59. The number of nitrogens with zero attached hydrogens (tertiary/aromatic N) is 4. The molecule has 0 unspecified atom stereocenters. The van der Waals surface area contributed by atoms with Crippen LogP contribution in [0.2, 0.25) is 0 Å². The predicted octanol–water partition coefficient (Wildman–Crippen LogP) is -0.610. The van der Waals surface area contributed by atoms with Gasteiger partial charge in [-0.2, -0.15) is 0 Å². The van der Waals surface area contributed by atoms with E-state index in [1.165, 1.54) is 6.92 Å². The molecule has 0 amide bonds. The van der Waals surface area contributed by atoms with E-state index in [2.05, 4.69) is 15.0 Å². The topological polar surface area (TPSA) is 61.7 Å². The average Bonchev–Trinajstić information content (AvgIpc) is 2.07. The van der Waals surface area contributed by atoms with Crippen LogP contribution in [0, 0.1) is 6.92 Å². The molecular weight excluding hydrogens is 235 g/mol. The molecule has 0 saturated carbocycles. The van der Waals surface area contributed by atoms with Gasteiger partial charge in [-0.3, -0.25) is 4.98 Å². The maximum atomic E-state index is 12.2. The van der Waals surface area contributed by atoms with Crippen molar-refractivity contribution in [3.63, 3.8) is 0 Å². The van der Waals surface area contributed by atoms with Crippen molar-refractivity contribution in [3.05, 3.63) is 28.3 Å². The Morgan fingerprint density at radius 1 is 1.47 bits per heavy atom. The van der Waals surface area contributed by atoms with Crippen LogP contribution in [0.15, 0.2) is 17.4 Å². The quantitative estimate of drug-likeness (QED) is 0.294. The number of aromatic nitrogens is 1. The van der Waals surface area contributed by atoms with Crippen LogP contribution in [-0.4, -0.2) is 12.0 Å². The number of pyridine rings is 1. The van der Waals surface area contributed by atoms with Gasteiger partial charge in [0.2, 0.25) is 0 Å². The monoisotopic (exact) mass is 240 g/mol. The molecule has 0 aliphatic heterocycles. The van der Waals surface area contributed by atoms with Gasteiger partial charge in [-0.1, -0.05) is 11.5 Å². The van der Waals surface area contributed by atoms with Crippen LogP contribution in [0.25, 0.3) is 10.4 Å². The molecule has 0 spiro atoms. The van der Waals surface area contributed by atoms with Gasteiger partial charge >= 0.3 is 58.4 Å². The van der Waals surface area contributed by atoms with Crippen molar-refractivity contribution in [3.8, 4) is 0 Å². The second-order valence-corrected chi connectivity index (χ2v) is 2.67. The van der Waals surface area contributed by atoms with E-state index < -0.39 is 12.4 Å². The molecule has 0 bridgehead atoms. The van der Waals surface area contributed by atoms with Crippen molar-refractivity contribution in [2.24, 2.45) is 5.11 Å². The van der Waals surface area contributed by atoms with E-state index in [1.807, 2.05) is 0 Å².